The van der Waals surface area contributed by atoms with Gasteiger partial charge in [0.2, 0.25) is 3.79 Å². The Hall–Kier alpha value is -0.0600. The van der Waals surface area contributed by atoms with Gasteiger partial charge >= 0.3 is 0 Å². The van der Waals surface area contributed by atoms with Gasteiger partial charge in [-0.2, -0.15) is 0 Å². The molecule has 0 spiro atoms. The summed E-state index contributed by atoms with van der Waals surface area (Å²) in [6.45, 7) is 0.657. The molecule has 2 aromatic rings. The average molecular weight is 368 g/mol. The van der Waals surface area contributed by atoms with Crippen molar-refractivity contribution in [2.75, 3.05) is 5.75 Å². The number of imidazole rings is 1. The first kappa shape index (κ1) is 14.9. The van der Waals surface area contributed by atoms with Gasteiger partial charge in [-0.1, -0.05) is 52.5 Å². The minimum atomic E-state index is -1.56. The second kappa shape index (κ2) is 5.62. The highest BCUT2D eigenvalue weighted by Crippen LogP contribution is 2.40. The highest BCUT2D eigenvalue weighted by molar-refractivity contribution is 8.03. The number of hydrogen-bond acceptors (Lipinski definition) is 2. The predicted octanol–water partition coefficient (Wildman–Crippen LogP) is 5.54. The van der Waals surface area contributed by atoms with Gasteiger partial charge in [0.25, 0.3) is 0 Å². The summed E-state index contributed by atoms with van der Waals surface area (Å²) in [6.07, 6.45) is 3.29. The van der Waals surface area contributed by atoms with E-state index in [1.807, 2.05) is 28.5 Å². The molecule has 3 rings (SSSR count). The Morgan fingerprint density at radius 3 is 2.75 bits per heavy atom. The first-order valence-electron chi connectivity index (χ1n) is 6.00. The molecule has 0 fully saturated rings. The molecule has 2 heterocycles. The maximum atomic E-state index is 6.07. The third-order valence-corrected chi connectivity index (χ3v) is 4.90. The SMILES string of the molecule is Clc1ccc2nc(C(Cl)(Cl)Cl)n(CC3=CCCS3)c2c1. The molecule has 0 atom stereocenters. The van der Waals surface area contributed by atoms with E-state index in [2.05, 4.69) is 11.1 Å². The summed E-state index contributed by atoms with van der Waals surface area (Å²) >= 11 is 26.0. The first-order valence-corrected chi connectivity index (χ1v) is 8.50. The monoisotopic (exact) mass is 366 g/mol. The molecule has 1 aliphatic rings. The Balaban J connectivity index is 2.16. The van der Waals surface area contributed by atoms with Crippen LogP contribution in [0.15, 0.2) is 29.2 Å². The van der Waals surface area contributed by atoms with Crippen molar-refractivity contribution in [2.24, 2.45) is 0 Å². The topological polar surface area (TPSA) is 17.8 Å². The molecule has 0 bridgehead atoms. The van der Waals surface area contributed by atoms with Crippen LogP contribution < -0.4 is 0 Å². The summed E-state index contributed by atoms with van der Waals surface area (Å²) in [6, 6.07) is 5.47. The molecule has 7 heteroatoms. The normalized spacial score (nSPS) is 15.9. The Morgan fingerprint density at radius 2 is 2.10 bits per heavy atom. The molecule has 1 aromatic carbocycles. The number of hydrogen-bond donors (Lipinski definition) is 0. The van der Waals surface area contributed by atoms with Crippen LogP contribution >= 0.6 is 58.2 Å². The third kappa shape index (κ3) is 2.93. The smallest absolute Gasteiger partial charge is 0.248 e. The highest BCUT2D eigenvalue weighted by atomic mass is 35.6. The van der Waals surface area contributed by atoms with Gasteiger partial charge in [-0.05, 0) is 24.6 Å². The number of halogens is 4. The Bertz CT molecular complexity index is 687. The van der Waals surface area contributed by atoms with Crippen LogP contribution in [-0.2, 0) is 10.3 Å². The summed E-state index contributed by atoms with van der Waals surface area (Å²) in [7, 11) is 0. The van der Waals surface area contributed by atoms with E-state index in [0.29, 0.717) is 17.4 Å². The number of benzene rings is 1. The second-order valence-electron chi connectivity index (χ2n) is 4.46. The molecule has 0 aliphatic carbocycles. The summed E-state index contributed by atoms with van der Waals surface area (Å²) in [4.78, 5) is 5.70. The van der Waals surface area contributed by atoms with E-state index in [1.165, 1.54) is 4.91 Å². The lowest BCUT2D eigenvalue weighted by molar-refractivity contribution is 0.769. The molecule has 0 unspecified atom stereocenters. The van der Waals surface area contributed by atoms with Crippen molar-refractivity contribution in [3.05, 3.63) is 40.0 Å². The van der Waals surface area contributed by atoms with E-state index in [9.17, 15) is 0 Å². The van der Waals surface area contributed by atoms with Crippen molar-refractivity contribution in [3.8, 4) is 0 Å². The molecule has 0 N–H and O–H groups in total. The highest BCUT2D eigenvalue weighted by Gasteiger charge is 2.31. The number of alkyl halides is 3. The van der Waals surface area contributed by atoms with Crippen molar-refractivity contribution < 1.29 is 0 Å². The number of rotatable bonds is 2. The Labute approximate surface area is 141 Å². The Morgan fingerprint density at radius 1 is 1.30 bits per heavy atom. The first-order chi connectivity index (χ1) is 9.45. The summed E-state index contributed by atoms with van der Waals surface area (Å²) < 4.78 is 0.369. The number of fused-ring (bicyclic) bond motifs is 1. The van der Waals surface area contributed by atoms with E-state index < -0.39 is 3.79 Å². The molecule has 20 heavy (non-hydrogen) atoms. The fourth-order valence-electron chi connectivity index (χ4n) is 2.21. The van der Waals surface area contributed by atoms with Crippen LogP contribution in [-0.4, -0.2) is 15.3 Å². The minimum absolute atomic E-state index is 0.424. The van der Waals surface area contributed by atoms with Crippen LogP contribution in [0.3, 0.4) is 0 Å². The second-order valence-corrected chi connectivity index (χ2v) is 8.40. The lowest BCUT2D eigenvalue weighted by Gasteiger charge is -2.14. The van der Waals surface area contributed by atoms with Crippen molar-refractivity contribution in [3.63, 3.8) is 0 Å². The van der Waals surface area contributed by atoms with Gasteiger partial charge in [0, 0.05) is 15.7 Å². The molecular weight excluding hydrogens is 358 g/mol. The summed E-state index contributed by atoms with van der Waals surface area (Å²) in [5.41, 5.74) is 1.66. The maximum Gasteiger partial charge on any atom is 0.248 e. The average Bonchev–Trinajstić information content (AvgIpc) is 2.97. The van der Waals surface area contributed by atoms with E-state index in [1.54, 1.807) is 6.07 Å². The van der Waals surface area contributed by atoms with Crippen LogP contribution in [0.5, 0.6) is 0 Å². The standard InChI is InChI=1S/C13H10Cl4N2S/c14-8-3-4-10-11(6-8)19(7-9-2-1-5-20-9)12(18-10)13(15,16)17/h2-4,6H,1,5,7H2. The number of nitrogens with zero attached hydrogens (tertiary/aromatic N) is 2. The molecule has 1 aromatic heterocycles. The lowest BCUT2D eigenvalue weighted by Crippen LogP contribution is -2.12. The Kier molecular flexibility index (Phi) is 4.17. The van der Waals surface area contributed by atoms with Crippen molar-refractivity contribution in [2.45, 2.75) is 16.8 Å². The fourth-order valence-corrected chi connectivity index (χ4v) is 3.76. The van der Waals surface area contributed by atoms with Gasteiger partial charge in [-0.25, -0.2) is 4.98 Å². The van der Waals surface area contributed by atoms with Crippen LogP contribution in [0.4, 0.5) is 0 Å². The molecule has 0 saturated carbocycles. The molecular formula is C13H10Cl4N2S. The lowest BCUT2D eigenvalue weighted by atomic mass is 10.3. The largest absolute Gasteiger partial charge is 0.319 e. The minimum Gasteiger partial charge on any atom is -0.319 e. The van der Waals surface area contributed by atoms with E-state index in [-0.39, 0.29) is 0 Å². The van der Waals surface area contributed by atoms with Gasteiger partial charge in [-0.3, -0.25) is 0 Å². The van der Waals surface area contributed by atoms with Gasteiger partial charge < -0.3 is 4.57 Å². The summed E-state index contributed by atoms with van der Waals surface area (Å²) in [5, 5.41) is 0.641. The maximum absolute atomic E-state index is 6.07. The number of allylic oxidation sites excluding steroid dienone is 2. The number of thioether (sulfide) groups is 1. The van der Waals surface area contributed by atoms with Crippen molar-refractivity contribution >= 4 is 69.2 Å². The fraction of sp³-hybridized carbons (Fsp3) is 0.308. The van der Waals surface area contributed by atoms with E-state index in [4.69, 9.17) is 46.4 Å². The van der Waals surface area contributed by atoms with Crippen LogP contribution in [0, 0.1) is 0 Å². The number of aromatic nitrogens is 2. The quantitative estimate of drug-likeness (QED) is 0.648. The predicted molar refractivity (Wildman–Crippen MR) is 89.1 cm³/mol. The van der Waals surface area contributed by atoms with Crippen molar-refractivity contribution in [1.29, 1.82) is 0 Å². The zero-order valence-corrected chi connectivity index (χ0v) is 14.1. The van der Waals surface area contributed by atoms with Crippen LogP contribution in [0.1, 0.15) is 12.2 Å². The third-order valence-electron chi connectivity index (χ3n) is 3.06. The zero-order valence-electron chi connectivity index (χ0n) is 10.2. The van der Waals surface area contributed by atoms with Crippen molar-refractivity contribution in [1.82, 2.24) is 9.55 Å². The van der Waals surface area contributed by atoms with Crippen LogP contribution in [0.25, 0.3) is 11.0 Å². The molecule has 0 saturated heterocycles. The van der Waals surface area contributed by atoms with E-state index >= 15 is 0 Å². The summed E-state index contributed by atoms with van der Waals surface area (Å²) in [5.74, 6) is 1.53. The van der Waals surface area contributed by atoms with Gasteiger partial charge in [-0.15, -0.1) is 11.8 Å². The van der Waals surface area contributed by atoms with E-state index in [0.717, 1.165) is 23.2 Å². The zero-order chi connectivity index (χ0) is 14.3. The van der Waals surface area contributed by atoms with Gasteiger partial charge in [0.05, 0.1) is 17.6 Å². The molecule has 0 radical (unpaired) electrons. The molecule has 0 amide bonds. The molecule has 2 nitrogen and oxygen atoms in total. The van der Waals surface area contributed by atoms with Gasteiger partial charge in [0.15, 0.2) is 5.82 Å². The molecule has 1 aliphatic heterocycles. The van der Waals surface area contributed by atoms with Gasteiger partial charge in [0.1, 0.15) is 0 Å². The molecule has 106 valence electrons. The van der Waals surface area contributed by atoms with Crippen LogP contribution in [0.2, 0.25) is 5.02 Å².